The topological polar surface area (TPSA) is 46.5 Å². The molecule has 1 unspecified atom stereocenters. The van der Waals surface area contributed by atoms with E-state index >= 15 is 0 Å². The summed E-state index contributed by atoms with van der Waals surface area (Å²) in [6.07, 6.45) is -1.35. The summed E-state index contributed by atoms with van der Waals surface area (Å²) in [6, 6.07) is 0. The van der Waals surface area contributed by atoms with Gasteiger partial charge in [0.1, 0.15) is 5.83 Å². The lowest BCUT2D eigenvalue weighted by Crippen LogP contribution is -2.19. The Hall–Kier alpha value is -1.56. The molecule has 0 aromatic heterocycles. The number of rotatable bonds is 4. The number of allylic oxidation sites excluding steroid dienone is 4. The van der Waals surface area contributed by atoms with E-state index in [1.807, 2.05) is 0 Å². The molecule has 0 heterocycles. The van der Waals surface area contributed by atoms with E-state index < -0.39 is 29.6 Å². The zero-order chi connectivity index (χ0) is 12.0. The van der Waals surface area contributed by atoms with Crippen LogP contribution in [0.5, 0.6) is 0 Å². The number of ether oxygens (including phenoxy) is 1. The van der Waals surface area contributed by atoms with Crippen LogP contribution >= 0.6 is 0 Å². The van der Waals surface area contributed by atoms with E-state index in [1.165, 1.54) is 0 Å². The molecular weight excluding hydrogens is 213 g/mol. The summed E-state index contributed by atoms with van der Waals surface area (Å²) in [5, 5.41) is 8.88. The van der Waals surface area contributed by atoms with Crippen LogP contribution in [0.3, 0.4) is 0 Å². The number of hydrogen-bond acceptors (Lipinski definition) is 3. The second kappa shape index (κ2) is 6.02. The Morgan fingerprint density at radius 2 is 2.00 bits per heavy atom. The first kappa shape index (κ1) is 13.4. The molecule has 0 aromatic rings. The summed E-state index contributed by atoms with van der Waals surface area (Å²) in [7, 11) is 0.983. The number of esters is 1. The first-order valence-corrected chi connectivity index (χ1v) is 3.73. The smallest absolute Gasteiger partial charge is 0.338 e. The highest BCUT2D eigenvalue weighted by Gasteiger charge is 2.13. The third-order valence-corrected chi connectivity index (χ3v) is 1.28. The Kier molecular flexibility index (Phi) is 5.40. The maximum Gasteiger partial charge on any atom is 0.338 e. The number of aliphatic hydroxyl groups is 1. The van der Waals surface area contributed by atoms with Gasteiger partial charge in [0.2, 0.25) is 0 Å². The van der Waals surface area contributed by atoms with E-state index in [0.29, 0.717) is 6.08 Å². The second-order valence-corrected chi connectivity index (χ2v) is 2.42. The van der Waals surface area contributed by atoms with Crippen molar-refractivity contribution in [3.8, 4) is 0 Å². The Morgan fingerprint density at radius 1 is 1.47 bits per heavy atom. The molecule has 0 fully saturated rings. The lowest BCUT2D eigenvalue weighted by atomic mass is 10.3. The predicted molar refractivity (Wildman–Crippen MR) is 46.7 cm³/mol. The minimum Gasteiger partial charge on any atom is -0.467 e. The Balaban J connectivity index is 4.64. The summed E-state index contributed by atoms with van der Waals surface area (Å²) in [5.74, 6) is -5.41. The van der Waals surface area contributed by atoms with Crippen molar-refractivity contribution in [3.05, 3.63) is 36.2 Å². The van der Waals surface area contributed by atoms with Gasteiger partial charge in [0.05, 0.1) is 7.11 Å². The van der Waals surface area contributed by atoms with E-state index in [0.717, 1.165) is 7.11 Å². The molecule has 0 saturated carbocycles. The van der Waals surface area contributed by atoms with Crippen LogP contribution in [0, 0.1) is 0 Å². The van der Waals surface area contributed by atoms with Crippen LogP contribution in [0.25, 0.3) is 0 Å². The molecule has 1 N–H and O–H groups in total. The summed E-state index contributed by atoms with van der Waals surface area (Å²) in [5.41, 5.74) is 0. The summed E-state index contributed by atoms with van der Waals surface area (Å²) >= 11 is 0. The zero-order valence-electron chi connectivity index (χ0n) is 7.84. The van der Waals surface area contributed by atoms with E-state index in [-0.39, 0.29) is 6.08 Å². The molecule has 1 atom stereocenters. The minimum atomic E-state index is -1.87. The maximum atomic E-state index is 12.7. The van der Waals surface area contributed by atoms with E-state index in [2.05, 4.69) is 11.3 Å². The van der Waals surface area contributed by atoms with Gasteiger partial charge < -0.3 is 9.84 Å². The van der Waals surface area contributed by atoms with Crippen molar-refractivity contribution >= 4 is 5.97 Å². The van der Waals surface area contributed by atoms with Crippen molar-refractivity contribution in [2.75, 3.05) is 7.11 Å². The number of methoxy groups -OCH3 is 1. The van der Waals surface area contributed by atoms with Gasteiger partial charge in [-0.05, 0) is 6.08 Å². The first-order valence-electron chi connectivity index (χ1n) is 3.73. The standard InChI is InChI=1S/C9H9F3O3/c1-5(10)7(12)3-6(11)4-8(13)9(14)15-2/h3-4,8,13H,1H2,2H3. The maximum absolute atomic E-state index is 12.7. The van der Waals surface area contributed by atoms with Gasteiger partial charge in [-0.1, -0.05) is 6.58 Å². The fourth-order valence-corrected chi connectivity index (χ4v) is 0.587. The van der Waals surface area contributed by atoms with Crippen molar-refractivity contribution in [2.45, 2.75) is 6.10 Å². The lowest BCUT2D eigenvalue weighted by molar-refractivity contribution is -0.147. The molecule has 0 saturated heterocycles. The summed E-state index contributed by atoms with van der Waals surface area (Å²) in [4.78, 5) is 10.6. The minimum absolute atomic E-state index is 0.147. The van der Waals surface area contributed by atoms with Crippen molar-refractivity contribution in [1.82, 2.24) is 0 Å². The lowest BCUT2D eigenvalue weighted by Gasteiger charge is -2.01. The van der Waals surface area contributed by atoms with Gasteiger partial charge in [-0.25, -0.2) is 18.0 Å². The van der Waals surface area contributed by atoms with Gasteiger partial charge in [0, 0.05) is 6.08 Å². The highest BCUT2D eigenvalue weighted by molar-refractivity contribution is 5.76. The molecule has 0 aliphatic heterocycles. The average Bonchev–Trinajstić information content (AvgIpc) is 2.15. The molecule has 6 heteroatoms. The van der Waals surface area contributed by atoms with Crippen molar-refractivity contribution in [3.63, 3.8) is 0 Å². The van der Waals surface area contributed by atoms with Gasteiger partial charge in [-0.15, -0.1) is 0 Å². The molecule has 84 valence electrons. The monoisotopic (exact) mass is 222 g/mol. The molecule has 0 aliphatic rings. The van der Waals surface area contributed by atoms with E-state index in [1.54, 1.807) is 0 Å². The van der Waals surface area contributed by atoms with Crippen molar-refractivity contribution in [1.29, 1.82) is 0 Å². The molecule has 0 rings (SSSR count). The summed E-state index contributed by atoms with van der Waals surface area (Å²) < 4.78 is 41.2. The Labute approximate surface area is 84.2 Å². The molecule has 0 amide bonds. The number of carbonyl (C=O) groups excluding carboxylic acids is 1. The number of aliphatic hydroxyl groups excluding tert-OH is 1. The average molecular weight is 222 g/mol. The quantitative estimate of drug-likeness (QED) is 0.581. The molecule has 0 aliphatic carbocycles. The molecule has 3 nitrogen and oxygen atoms in total. The van der Waals surface area contributed by atoms with Crippen LogP contribution in [-0.2, 0) is 9.53 Å². The van der Waals surface area contributed by atoms with Crippen LogP contribution in [0.2, 0.25) is 0 Å². The molecule has 0 radical (unpaired) electrons. The van der Waals surface area contributed by atoms with Gasteiger partial charge in [-0.2, -0.15) is 0 Å². The Bertz CT molecular complexity index is 321. The van der Waals surface area contributed by atoms with Gasteiger partial charge in [0.25, 0.3) is 0 Å². The van der Waals surface area contributed by atoms with Crippen LogP contribution in [0.4, 0.5) is 13.2 Å². The predicted octanol–water partition coefficient (Wildman–Crippen LogP) is 1.71. The third kappa shape index (κ3) is 5.02. The fourth-order valence-electron chi connectivity index (χ4n) is 0.587. The van der Waals surface area contributed by atoms with Crippen LogP contribution in [0.15, 0.2) is 36.2 Å². The number of hydrogen-bond donors (Lipinski definition) is 1. The van der Waals surface area contributed by atoms with Gasteiger partial charge >= 0.3 is 5.97 Å². The highest BCUT2D eigenvalue weighted by Crippen LogP contribution is 2.14. The van der Waals surface area contributed by atoms with Gasteiger partial charge in [-0.3, -0.25) is 0 Å². The molecule has 15 heavy (non-hydrogen) atoms. The van der Waals surface area contributed by atoms with Gasteiger partial charge in [0.15, 0.2) is 17.8 Å². The number of halogens is 3. The molecule has 0 bridgehead atoms. The largest absolute Gasteiger partial charge is 0.467 e. The molecule has 0 aromatic carbocycles. The number of carbonyl (C=O) groups is 1. The van der Waals surface area contributed by atoms with Crippen LogP contribution < -0.4 is 0 Å². The van der Waals surface area contributed by atoms with E-state index in [4.69, 9.17) is 5.11 Å². The molecule has 0 spiro atoms. The summed E-state index contributed by atoms with van der Waals surface area (Å²) in [6.45, 7) is 2.58. The third-order valence-electron chi connectivity index (χ3n) is 1.28. The normalized spacial score (nSPS) is 14.7. The van der Waals surface area contributed by atoms with Crippen LogP contribution in [-0.4, -0.2) is 24.3 Å². The fraction of sp³-hybridized carbons (Fsp3) is 0.222. The second-order valence-electron chi connectivity index (χ2n) is 2.42. The SMILES string of the molecule is C=C(F)C(F)=CC(F)=CC(O)C(=O)OC. The van der Waals surface area contributed by atoms with E-state index in [9.17, 15) is 18.0 Å². The Morgan fingerprint density at radius 3 is 2.40 bits per heavy atom. The molecular formula is C9H9F3O3. The van der Waals surface area contributed by atoms with Crippen molar-refractivity contribution < 1.29 is 27.8 Å². The van der Waals surface area contributed by atoms with Crippen LogP contribution in [0.1, 0.15) is 0 Å². The zero-order valence-corrected chi connectivity index (χ0v) is 7.84. The van der Waals surface area contributed by atoms with Crippen molar-refractivity contribution in [2.24, 2.45) is 0 Å². The highest BCUT2D eigenvalue weighted by atomic mass is 19.2. The first-order chi connectivity index (χ1) is 6.88.